The van der Waals surface area contributed by atoms with Gasteiger partial charge in [0.2, 0.25) is 5.82 Å². The molecule has 0 bridgehead atoms. The standard InChI is InChI=1S/C27H34N4O5S/c1-18(2)17-36-26(32)31(24-25(35-7)30-19(3)16-29-24)37(33,34)22-9-8-14-28-23(22)21-12-10-20(11-13-21)15-27(4,5)6/h8-14,16,18H,15,17H2,1-7H3. The fourth-order valence-electron chi connectivity index (χ4n) is 3.63. The minimum atomic E-state index is -4.55. The van der Waals surface area contributed by atoms with Crippen LogP contribution in [0.4, 0.5) is 10.6 Å². The predicted molar refractivity (Wildman–Crippen MR) is 142 cm³/mol. The molecule has 0 N–H and O–H groups in total. The molecule has 3 rings (SSSR count). The molecule has 9 nitrogen and oxygen atoms in total. The van der Waals surface area contributed by atoms with Gasteiger partial charge in [0.25, 0.3) is 15.9 Å². The van der Waals surface area contributed by atoms with Crippen molar-refractivity contribution < 1.29 is 22.7 Å². The summed E-state index contributed by atoms with van der Waals surface area (Å²) in [6.45, 7) is 11.8. The van der Waals surface area contributed by atoms with Gasteiger partial charge >= 0.3 is 6.09 Å². The highest BCUT2D eigenvalue weighted by Crippen LogP contribution is 2.34. The Balaban J connectivity index is 2.14. The predicted octanol–water partition coefficient (Wildman–Crippen LogP) is 5.43. The minimum Gasteiger partial charge on any atom is -0.478 e. The summed E-state index contributed by atoms with van der Waals surface area (Å²) in [6, 6.07) is 10.5. The lowest BCUT2D eigenvalue weighted by Crippen LogP contribution is -2.39. The van der Waals surface area contributed by atoms with Gasteiger partial charge in [-0.15, -0.1) is 4.31 Å². The van der Waals surface area contributed by atoms with E-state index in [0.29, 0.717) is 15.6 Å². The number of hydrogen-bond acceptors (Lipinski definition) is 8. The Morgan fingerprint density at radius 2 is 1.76 bits per heavy atom. The van der Waals surface area contributed by atoms with Crippen molar-refractivity contribution in [3.63, 3.8) is 0 Å². The Bertz CT molecular complexity index is 1350. The molecule has 0 aliphatic heterocycles. The van der Waals surface area contributed by atoms with Gasteiger partial charge < -0.3 is 9.47 Å². The lowest BCUT2D eigenvalue weighted by Gasteiger charge is -2.23. The number of benzene rings is 1. The molecular formula is C27H34N4O5S. The van der Waals surface area contributed by atoms with Crippen molar-refractivity contribution >= 4 is 21.9 Å². The van der Waals surface area contributed by atoms with E-state index in [9.17, 15) is 13.2 Å². The van der Waals surface area contributed by atoms with Gasteiger partial charge in [-0.05, 0) is 42.4 Å². The zero-order valence-electron chi connectivity index (χ0n) is 22.3. The lowest BCUT2D eigenvalue weighted by molar-refractivity contribution is 0.143. The number of carbonyl (C=O) groups is 1. The average Bonchev–Trinajstić information content (AvgIpc) is 2.83. The number of aromatic nitrogens is 3. The molecule has 1 aromatic carbocycles. The second-order valence-corrected chi connectivity index (χ2v) is 12.1. The van der Waals surface area contributed by atoms with Gasteiger partial charge in [0.1, 0.15) is 4.90 Å². The lowest BCUT2D eigenvalue weighted by atomic mass is 9.88. The summed E-state index contributed by atoms with van der Waals surface area (Å²) < 4.78 is 39.3. The molecule has 0 unspecified atom stereocenters. The fourth-order valence-corrected chi connectivity index (χ4v) is 5.09. The number of methoxy groups -OCH3 is 1. The van der Waals surface area contributed by atoms with E-state index in [1.165, 1.54) is 31.6 Å². The van der Waals surface area contributed by atoms with Crippen molar-refractivity contribution in [2.24, 2.45) is 11.3 Å². The van der Waals surface area contributed by atoms with E-state index in [-0.39, 0.29) is 40.2 Å². The molecule has 0 atom stereocenters. The fraction of sp³-hybridized carbons (Fsp3) is 0.407. The number of aryl methyl sites for hydroxylation is 1. The highest BCUT2D eigenvalue weighted by Gasteiger charge is 2.38. The monoisotopic (exact) mass is 526 g/mol. The van der Waals surface area contributed by atoms with Gasteiger partial charge in [-0.3, -0.25) is 4.98 Å². The van der Waals surface area contributed by atoms with Gasteiger partial charge in [0, 0.05) is 11.8 Å². The maximum atomic E-state index is 14.1. The molecule has 0 aliphatic carbocycles. The first-order valence-electron chi connectivity index (χ1n) is 12.0. The molecule has 2 heterocycles. The number of sulfonamides is 1. The van der Waals surface area contributed by atoms with Crippen LogP contribution in [0, 0.1) is 18.3 Å². The number of amides is 1. The third-order valence-electron chi connectivity index (χ3n) is 5.19. The Morgan fingerprint density at radius 1 is 1.08 bits per heavy atom. The van der Waals surface area contributed by atoms with Crippen LogP contribution in [-0.2, 0) is 21.2 Å². The van der Waals surface area contributed by atoms with Crippen LogP contribution < -0.4 is 9.04 Å². The van der Waals surface area contributed by atoms with E-state index < -0.39 is 16.1 Å². The van der Waals surface area contributed by atoms with Crippen molar-refractivity contribution in [3.05, 3.63) is 60.0 Å². The Hall–Kier alpha value is -3.53. The Morgan fingerprint density at radius 3 is 2.35 bits per heavy atom. The van der Waals surface area contributed by atoms with Gasteiger partial charge in [0.15, 0.2) is 0 Å². The van der Waals surface area contributed by atoms with Gasteiger partial charge in [-0.25, -0.2) is 23.2 Å². The smallest absolute Gasteiger partial charge is 0.430 e. The van der Waals surface area contributed by atoms with Crippen LogP contribution in [0.2, 0.25) is 0 Å². The third kappa shape index (κ3) is 6.82. The summed E-state index contributed by atoms with van der Waals surface area (Å²) in [5, 5.41) is 0. The summed E-state index contributed by atoms with van der Waals surface area (Å²) in [4.78, 5) is 25.8. The third-order valence-corrected chi connectivity index (χ3v) is 6.87. The van der Waals surface area contributed by atoms with E-state index in [2.05, 4.69) is 35.7 Å². The topological polar surface area (TPSA) is 112 Å². The van der Waals surface area contributed by atoms with Crippen LogP contribution in [-0.4, -0.2) is 43.2 Å². The molecule has 0 aliphatic rings. The van der Waals surface area contributed by atoms with Crippen LogP contribution >= 0.6 is 0 Å². The number of hydrogen-bond donors (Lipinski definition) is 0. The Labute approximate surface area is 218 Å². The van der Waals surface area contributed by atoms with Crippen molar-refractivity contribution in [3.8, 4) is 17.1 Å². The van der Waals surface area contributed by atoms with E-state index in [0.717, 1.165) is 12.0 Å². The number of pyridine rings is 1. The highest BCUT2D eigenvalue weighted by atomic mass is 32.2. The molecule has 37 heavy (non-hydrogen) atoms. The second kappa shape index (κ2) is 11.2. The molecule has 10 heteroatoms. The molecule has 3 aromatic rings. The normalized spacial score (nSPS) is 11.9. The molecular weight excluding hydrogens is 492 g/mol. The maximum absolute atomic E-state index is 14.1. The van der Waals surface area contributed by atoms with E-state index in [1.54, 1.807) is 6.92 Å². The van der Waals surface area contributed by atoms with Crippen molar-refractivity contribution in [2.45, 2.75) is 52.9 Å². The molecule has 1 amide bonds. The van der Waals surface area contributed by atoms with Crippen molar-refractivity contribution in [1.82, 2.24) is 15.0 Å². The summed E-state index contributed by atoms with van der Waals surface area (Å²) >= 11 is 0. The first kappa shape index (κ1) is 28.0. The minimum absolute atomic E-state index is 0.0138. The summed E-state index contributed by atoms with van der Waals surface area (Å²) in [5.74, 6) is -0.431. The van der Waals surface area contributed by atoms with Gasteiger partial charge in [0.05, 0.1) is 31.3 Å². The number of anilines is 1. The van der Waals surface area contributed by atoms with Gasteiger partial charge in [-0.2, -0.15) is 0 Å². The van der Waals surface area contributed by atoms with E-state index in [1.807, 2.05) is 38.1 Å². The van der Waals surface area contributed by atoms with Crippen molar-refractivity contribution in [1.29, 1.82) is 0 Å². The van der Waals surface area contributed by atoms with E-state index in [4.69, 9.17) is 9.47 Å². The number of carbonyl (C=O) groups excluding carboxylic acids is 1. The van der Waals surface area contributed by atoms with Crippen LogP contribution in [0.3, 0.4) is 0 Å². The summed E-state index contributed by atoms with van der Waals surface area (Å²) in [6.07, 6.45) is 2.61. The average molecular weight is 527 g/mol. The molecule has 0 fully saturated rings. The first-order valence-corrected chi connectivity index (χ1v) is 13.4. The van der Waals surface area contributed by atoms with E-state index >= 15 is 0 Å². The van der Waals surface area contributed by atoms with Crippen LogP contribution in [0.25, 0.3) is 11.3 Å². The highest BCUT2D eigenvalue weighted by molar-refractivity contribution is 7.93. The molecule has 0 saturated heterocycles. The largest absolute Gasteiger partial charge is 0.478 e. The quantitative estimate of drug-likeness (QED) is 0.382. The number of nitrogens with zero attached hydrogens (tertiary/aromatic N) is 4. The molecule has 2 aromatic heterocycles. The number of rotatable bonds is 8. The molecule has 198 valence electrons. The van der Waals surface area contributed by atoms with Crippen LogP contribution in [0.5, 0.6) is 5.88 Å². The Kier molecular flexibility index (Phi) is 8.53. The summed E-state index contributed by atoms with van der Waals surface area (Å²) in [5.41, 5.74) is 2.51. The van der Waals surface area contributed by atoms with Crippen LogP contribution in [0.15, 0.2) is 53.7 Å². The zero-order chi connectivity index (χ0) is 27.4. The first-order chi connectivity index (χ1) is 17.3. The molecule has 0 saturated carbocycles. The SMILES string of the molecule is COc1nc(C)cnc1N(C(=O)OCC(C)C)S(=O)(=O)c1cccnc1-c1ccc(CC(C)(C)C)cc1. The van der Waals surface area contributed by atoms with Crippen molar-refractivity contribution in [2.75, 3.05) is 18.0 Å². The van der Waals surface area contributed by atoms with Crippen LogP contribution in [0.1, 0.15) is 45.9 Å². The summed E-state index contributed by atoms with van der Waals surface area (Å²) in [7, 11) is -3.23. The zero-order valence-corrected chi connectivity index (χ0v) is 23.2. The molecule has 0 spiro atoms. The second-order valence-electron chi connectivity index (χ2n) is 10.4. The van der Waals surface area contributed by atoms with Gasteiger partial charge in [-0.1, -0.05) is 58.9 Å². The maximum Gasteiger partial charge on any atom is 0.430 e. The molecule has 0 radical (unpaired) electrons. The number of ether oxygens (including phenoxy) is 2.